The highest BCUT2D eigenvalue weighted by Crippen LogP contribution is 2.30. The lowest BCUT2D eigenvalue weighted by Gasteiger charge is -2.24. The Hall–Kier alpha value is -1.36. The van der Waals surface area contributed by atoms with Gasteiger partial charge >= 0.3 is 11.9 Å². The van der Waals surface area contributed by atoms with E-state index in [0.717, 1.165) is 11.1 Å². The van der Waals surface area contributed by atoms with E-state index in [1.807, 2.05) is 13.0 Å². The molecule has 4 nitrogen and oxygen atoms in total. The van der Waals surface area contributed by atoms with Crippen molar-refractivity contribution in [2.45, 2.75) is 19.4 Å². The first-order valence-corrected chi connectivity index (χ1v) is 5.90. The molecule has 1 heterocycles. The maximum atomic E-state index is 11.8. The molecule has 1 aliphatic rings. The third-order valence-electron chi connectivity index (χ3n) is 2.80. The summed E-state index contributed by atoms with van der Waals surface area (Å²) in [6.07, 6.45) is -0.480. The van der Waals surface area contributed by atoms with Gasteiger partial charge in [-0.15, -0.1) is 0 Å². The number of carbonyl (C=O) groups is 2. The molecule has 1 aliphatic heterocycles. The smallest absolute Gasteiger partial charge is 0.347 e. The molecule has 17 heavy (non-hydrogen) atoms. The minimum Gasteiger partial charge on any atom is -0.466 e. The van der Waals surface area contributed by atoms with Gasteiger partial charge in [0.25, 0.3) is 0 Å². The van der Waals surface area contributed by atoms with E-state index >= 15 is 0 Å². The summed E-state index contributed by atoms with van der Waals surface area (Å²) in [7, 11) is 1.28. The number of esters is 2. The number of rotatable bonds is 1. The van der Waals surface area contributed by atoms with E-state index < -0.39 is 18.0 Å². The van der Waals surface area contributed by atoms with Gasteiger partial charge in [-0.05, 0) is 40.0 Å². The van der Waals surface area contributed by atoms with Crippen molar-refractivity contribution in [2.24, 2.45) is 0 Å². The summed E-state index contributed by atoms with van der Waals surface area (Å²) >= 11 is 3.31. The zero-order chi connectivity index (χ0) is 12.6. The van der Waals surface area contributed by atoms with Crippen molar-refractivity contribution >= 4 is 27.9 Å². The number of cyclic esters (lactones) is 1. The molecule has 1 aromatic carbocycles. The molecule has 0 aliphatic carbocycles. The molecule has 1 aromatic rings. The standard InChI is InChI=1S/C12H11BrO4/c1-6-3-4-8(13)10-7(6)5-9(11(14)16-2)17-12(10)15/h3-4,9H,5H2,1-2H3. The van der Waals surface area contributed by atoms with E-state index in [9.17, 15) is 9.59 Å². The normalized spacial score (nSPS) is 18.3. The molecule has 5 heteroatoms. The first kappa shape index (κ1) is 12.1. The van der Waals surface area contributed by atoms with Gasteiger partial charge in [0, 0.05) is 10.9 Å². The molecule has 0 saturated heterocycles. The van der Waals surface area contributed by atoms with Gasteiger partial charge in [0.1, 0.15) is 0 Å². The molecular weight excluding hydrogens is 288 g/mol. The molecular formula is C12H11BrO4. The number of ether oxygens (including phenoxy) is 2. The first-order valence-electron chi connectivity index (χ1n) is 5.11. The predicted octanol–water partition coefficient (Wildman–Crippen LogP) is 2.01. The Morgan fingerprint density at radius 2 is 2.24 bits per heavy atom. The van der Waals surface area contributed by atoms with Crippen molar-refractivity contribution in [2.75, 3.05) is 7.11 Å². The summed E-state index contributed by atoms with van der Waals surface area (Å²) in [4.78, 5) is 23.2. The Balaban J connectivity index is 2.46. The van der Waals surface area contributed by atoms with Gasteiger partial charge in [-0.1, -0.05) is 6.07 Å². The number of methoxy groups -OCH3 is 1. The summed E-state index contributed by atoms with van der Waals surface area (Å²) in [5, 5.41) is 0. The maximum Gasteiger partial charge on any atom is 0.347 e. The Morgan fingerprint density at radius 1 is 1.53 bits per heavy atom. The molecule has 1 unspecified atom stereocenters. The lowest BCUT2D eigenvalue weighted by atomic mass is 9.94. The van der Waals surface area contributed by atoms with Crippen molar-refractivity contribution in [3.63, 3.8) is 0 Å². The van der Waals surface area contributed by atoms with Crippen LogP contribution in [0.2, 0.25) is 0 Å². The highest BCUT2D eigenvalue weighted by Gasteiger charge is 2.34. The average Bonchev–Trinajstić information content (AvgIpc) is 2.32. The van der Waals surface area contributed by atoms with Crippen LogP contribution in [0.5, 0.6) is 0 Å². The number of benzene rings is 1. The molecule has 0 fully saturated rings. The number of hydrogen-bond acceptors (Lipinski definition) is 4. The van der Waals surface area contributed by atoms with Crippen molar-refractivity contribution in [3.05, 3.63) is 33.3 Å². The second kappa shape index (κ2) is 4.49. The number of aryl methyl sites for hydroxylation is 1. The largest absolute Gasteiger partial charge is 0.466 e. The van der Waals surface area contributed by atoms with Crippen molar-refractivity contribution in [1.29, 1.82) is 0 Å². The highest BCUT2D eigenvalue weighted by atomic mass is 79.9. The molecule has 0 radical (unpaired) electrons. The van der Waals surface area contributed by atoms with Gasteiger partial charge in [-0.3, -0.25) is 0 Å². The van der Waals surface area contributed by atoms with E-state index in [0.29, 0.717) is 16.5 Å². The lowest BCUT2D eigenvalue weighted by Crippen LogP contribution is -2.35. The van der Waals surface area contributed by atoms with Crippen LogP contribution in [-0.4, -0.2) is 25.2 Å². The maximum absolute atomic E-state index is 11.8. The fraction of sp³-hybridized carbons (Fsp3) is 0.333. The number of halogens is 1. The van der Waals surface area contributed by atoms with Crippen LogP contribution < -0.4 is 0 Å². The molecule has 0 spiro atoms. The zero-order valence-corrected chi connectivity index (χ0v) is 11.0. The number of fused-ring (bicyclic) bond motifs is 1. The molecule has 0 aromatic heterocycles. The highest BCUT2D eigenvalue weighted by molar-refractivity contribution is 9.10. The third kappa shape index (κ3) is 2.07. The van der Waals surface area contributed by atoms with Gasteiger partial charge in [-0.25, -0.2) is 9.59 Å². The quantitative estimate of drug-likeness (QED) is 0.744. The average molecular weight is 299 g/mol. The summed E-state index contributed by atoms with van der Waals surface area (Å²) in [5.41, 5.74) is 2.31. The van der Waals surface area contributed by atoms with E-state index in [-0.39, 0.29) is 0 Å². The van der Waals surface area contributed by atoms with E-state index in [2.05, 4.69) is 20.7 Å². The molecule has 2 rings (SSSR count). The van der Waals surface area contributed by atoms with E-state index in [4.69, 9.17) is 4.74 Å². The van der Waals surface area contributed by atoms with Crippen LogP contribution in [0.3, 0.4) is 0 Å². The van der Waals surface area contributed by atoms with Gasteiger partial charge in [0.2, 0.25) is 6.10 Å². The van der Waals surface area contributed by atoms with Crippen LogP contribution >= 0.6 is 15.9 Å². The van der Waals surface area contributed by atoms with Crippen molar-refractivity contribution in [1.82, 2.24) is 0 Å². The minimum absolute atomic E-state index is 0.360. The molecule has 1 atom stereocenters. The summed E-state index contributed by atoms with van der Waals surface area (Å²) in [6, 6.07) is 3.70. The SMILES string of the molecule is COC(=O)C1Cc2c(C)ccc(Br)c2C(=O)O1. The third-order valence-corrected chi connectivity index (χ3v) is 3.46. The predicted molar refractivity (Wildman–Crippen MR) is 63.8 cm³/mol. The van der Waals surface area contributed by atoms with Crippen molar-refractivity contribution in [3.8, 4) is 0 Å². The Bertz CT molecular complexity index is 496. The van der Waals surface area contributed by atoms with Gasteiger partial charge < -0.3 is 9.47 Å². The van der Waals surface area contributed by atoms with Gasteiger partial charge in [-0.2, -0.15) is 0 Å². The zero-order valence-electron chi connectivity index (χ0n) is 9.45. The minimum atomic E-state index is -0.840. The van der Waals surface area contributed by atoms with Crippen LogP contribution in [0.25, 0.3) is 0 Å². The van der Waals surface area contributed by atoms with Crippen LogP contribution in [0.4, 0.5) is 0 Å². The molecule has 0 amide bonds. The fourth-order valence-electron chi connectivity index (χ4n) is 1.89. The second-order valence-electron chi connectivity index (χ2n) is 3.84. The lowest BCUT2D eigenvalue weighted by molar-refractivity contribution is -0.151. The van der Waals surface area contributed by atoms with E-state index in [1.54, 1.807) is 6.07 Å². The summed E-state index contributed by atoms with van der Waals surface area (Å²) in [6.45, 7) is 1.90. The van der Waals surface area contributed by atoms with Crippen LogP contribution in [0.1, 0.15) is 21.5 Å². The number of carbonyl (C=O) groups excluding carboxylic acids is 2. The molecule has 90 valence electrons. The first-order chi connectivity index (χ1) is 8.04. The van der Waals surface area contributed by atoms with E-state index in [1.165, 1.54) is 7.11 Å². The Labute approximate surface area is 107 Å². The summed E-state index contributed by atoms with van der Waals surface area (Å²) < 4.78 is 10.3. The molecule has 0 N–H and O–H groups in total. The fourth-order valence-corrected chi connectivity index (χ4v) is 2.42. The van der Waals surface area contributed by atoms with Crippen LogP contribution in [0.15, 0.2) is 16.6 Å². The topological polar surface area (TPSA) is 52.6 Å². The van der Waals surface area contributed by atoms with Gasteiger partial charge in [0.15, 0.2) is 0 Å². The van der Waals surface area contributed by atoms with Crippen LogP contribution in [0, 0.1) is 6.92 Å². The van der Waals surface area contributed by atoms with Gasteiger partial charge in [0.05, 0.1) is 12.7 Å². The van der Waals surface area contributed by atoms with Crippen molar-refractivity contribution < 1.29 is 19.1 Å². The Kier molecular flexibility index (Phi) is 3.19. The van der Waals surface area contributed by atoms with Crippen LogP contribution in [-0.2, 0) is 20.7 Å². The molecule has 0 bridgehead atoms. The monoisotopic (exact) mass is 298 g/mol. The Morgan fingerprint density at radius 3 is 2.88 bits per heavy atom. The number of hydrogen-bond donors (Lipinski definition) is 0. The second-order valence-corrected chi connectivity index (χ2v) is 4.69. The molecule has 0 saturated carbocycles. The summed E-state index contributed by atoms with van der Waals surface area (Å²) in [5.74, 6) is -1.01.